The molecule has 33 heavy (non-hydrogen) atoms. The highest BCUT2D eigenvalue weighted by Crippen LogP contribution is 2.29. The number of fused-ring (bicyclic) bond motifs is 1. The normalized spacial score (nSPS) is 16.0. The second-order valence-corrected chi connectivity index (χ2v) is 8.32. The van der Waals surface area contributed by atoms with E-state index in [0.29, 0.717) is 19.6 Å². The zero-order chi connectivity index (χ0) is 22.9. The van der Waals surface area contributed by atoms with E-state index in [1.165, 1.54) is 12.1 Å². The van der Waals surface area contributed by atoms with E-state index in [9.17, 15) is 9.18 Å². The molecule has 0 N–H and O–H groups in total. The van der Waals surface area contributed by atoms with E-state index >= 15 is 0 Å². The van der Waals surface area contributed by atoms with E-state index in [4.69, 9.17) is 9.84 Å². The topological polar surface area (TPSA) is 77.5 Å². The Morgan fingerprint density at radius 1 is 1.18 bits per heavy atom. The summed E-state index contributed by atoms with van der Waals surface area (Å²) in [5.41, 5.74) is 3.84. The lowest BCUT2D eigenvalue weighted by atomic mass is 10.0. The Morgan fingerprint density at radius 2 is 2.03 bits per heavy atom. The smallest absolute Gasteiger partial charge is 0.260 e. The van der Waals surface area contributed by atoms with Gasteiger partial charge in [-0.3, -0.25) is 4.79 Å². The molecule has 3 aromatic heterocycles. The summed E-state index contributed by atoms with van der Waals surface area (Å²) in [5.74, 6) is 0.533. The second kappa shape index (κ2) is 8.65. The summed E-state index contributed by atoms with van der Waals surface area (Å²) in [5, 5.41) is 4.77. The van der Waals surface area contributed by atoms with E-state index in [0.717, 1.165) is 34.8 Å². The molecule has 0 radical (unpaired) electrons. The van der Waals surface area contributed by atoms with Crippen LogP contribution in [0.25, 0.3) is 5.65 Å². The van der Waals surface area contributed by atoms with E-state index in [-0.39, 0.29) is 24.2 Å². The molecule has 1 aliphatic heterocycles. The van der Waals surface area contributed by atoms with Crippen LogP contribution in [-0.2, 0) is 11.3 Å². The van der Waals surface area contributed by atoms with Crippen LogP contribution >= 0.6 is 0 Å². The number of carbonyl (C=O) groups is 1. The number of ether oxygens (including phenoxy) is 1. The fourth-order valence-corrected chi connectivity index (χ4v) is 4.37. The average Bonchev–Trinajstić information content (AvgIpc) is 3.53. The Morgan fingerprint density at radius 3 is 2.82 bits per heavy atom. The summed E-state index contributed by atoms with van der Waals surface area (Å²) in [6.45, 7) is 5.61. The monoisotopic (exact) mass is 448 g/mol. The van der Waals surface area contributed by atoms with Crippen molar-refractivity contribution >= 4 is 11.6 Å². The molecule has 8 nitrogen and oxygen atoms in total. The van der Waals surface area contributed by atoms with Gasteiger partial charge in [-0.25, -0.2) is 18.9 Å². The van der Waals surface area contributed by atoms with Crippen LogP contribution in [0.15, 0.2) is 48.9 Å². The summed E-state index contributed by atoms with van der Waals surface area (Å²) in [4.78, 5) is 23.3. The Labute approximate surface area is 190 Å². The fraction of sp³-hybridized carbons (Fsp3) is 0.333. The van der Waals surface area contributed by atoms with Gasteiger partial charge in [-0.1, -0.05) is 12.1 Å². The summed E-state index contributed by atoms with van der Waals surface area (Å²) < 4.78 is 23.1. The lowest BCUT2D eigenvalue weighted by molar-refractivity contribution is -0.132. The minimum Gasteiger partial charge on any atom is -0.481 e. The SMILES string of the molecule is Cc1nn2c([C@H]3CCN(C(=O)COc4ccccc4F)C3)ccnc2c1Cn1ccnc1C. The van der Waals surface area contributed by atoms with Gasteiger partial charge in [0, 0.05) is 43.2 Å². The van der Waals surface area contributed by atoms with Gasteiger partial charge < -0.3 is 14.2 Å². The molecule has 1 atom stereocenters. The first-order chi connectivity index (χ1) is 16.0. The van der Waals surface area contributed by atoms with Crippen molar-refractivity contribution in [2.45, 2.75) is 32.7 Å². The van der Waals surface area contributed by atoms with Gasteiger partial charge in [0.25, 0.3) is 5.91 Å². The lowest BCUT2D eigenvalue weighted by Crippen LogP contribution is -2.33. The maximum atomic E-state index is 13.8. The molecule has 1 aromatic carbocycles. The molecule has 0 bridgehead atoms. The van der Waals surface area contributed by atoms with Crippen molar-refractivity contribution in [1.29, 1.82) is 0 Å². The molecule has 1 amide bonds. The number of benzene rings is 1. The molecule has 1 fully saturated rings. The lowest BCUT2D eigenvalue weighted by Gasteiger charge is -2.17. The molecular weight excluding hydrogens is 423 g/mol. The van der Waals surface area contributed by atoms with Gasteiger partial charge in [0.15, 0.2) is 23.8 Å². The van der Waals surface area contributed by atoms with Gasteiger partial charge in [-0.15, -0.1) is 0 Å². The van der Waals surface area contributed by atoms with E-state index in [2.05, 4.69) is 14.5 Å². The standard InChI is InChI=1S/C24H25FN6O2/c1-16-19(14-29-12-10-26-17(29)2)24-27-9-7-21(31(24)28-16)18-8-11-30(13-18)23(32)15-33-22-6-4-3-5-20(22)25/h3-7,9-10,12,18H,8,11,13-15H2,1-2H3/t18-/m0/s1. The number of imidazole rings is 1. The van der Waals surface area contributed by atoms with Crippen LogP contribution < -0.4 is 4.74 Å². The summed E-state index contributed by atoms with van der Waals surface area (Å²) in [6, 6.07) is 8.07. The van der Waals surface area contributed by atoms with Gasteiger partial charge in [0.2, 0.25) is 0 Å². The molecule has 4 heterocycles. The van der Waals surface area contributed by atoms with Gasteiger partial charge in [-0.2, -0.15) is 5.10 Å². The van der Waals surface area contributed by atoms with E-state index < -0.39 is 5.82 Å². The van der Waals surface area contributed by atoms with Crippen LogP contribution in [0, 0.1) is 19.7 Å². The van der Waals surface area contributed by atoms with Crippen LogP contribution in [0.4, 0.5) is 4.39 Å². The average molecular weight is 449 g/mol. The molecule has 170 valence electrons. The molecule has 0 unspecified atom stereocenters. The quantitative estimate of drug-likeness (QED) is 0.453. The zero-order valence-electron chi connectivity index (χ0n) is 18.6. The number of para-hydroxylation sites is 1. The first-order valence-corrected chi connectivity index (χ1v) is 11.0. The van der Waals surface area contributed by atoms with Crippen molar-refractivity contribution in [3.8, 4) is 5.75 Å². The third-order valence-electron chi connectivity index (χ3n) is 6.24. The first kappa shape index (κ1) is 21.1. The van der Waals surface area contributed by atoms with E-state index in [1.54, 1.807) is 23.2 Å². The second-order valence-electron chi connectivity index (χ2n) is 8.32. The highest BCUT2D eigenvalue weighted by molar-refractivity contribution is 5.78. The Bertz CT molecular complexity index is 1310. The molecule has 0 spiro atoms. The van der Waals surface area contributed by atoms with Crippen molar-refractivity contribution in [2.75, 3.05) is 19.7 Å². The molecule has 5 rings (SSSR count). The fourth-order valence-electron chi connectivity index (χ4n) is 4.37. The summed E-state index contributed by atoms with van der Waals surface area (Å²) in [7, 11) is 0. The predicted molar refractivity (Wildman–Crippen MR) is 120 cm³/mol. The highest BCUT2D eigenvalue weighted by Gasteiger charge is 2.30. The van der Waals surface area contributed by atoms with Gasteiger partial charge in [0.05, 0.1) is 17.9 Å². The summed E-state index contributed by atoms with van der Waals surface area (Å²) >= 11 is 0. The molecule has 1 aliphatic rings. The van der Waals surface area contributed by atoms with Crippen molar-refractivity contribution in [3.05, 3.63) is 77.5 Å². The minimum atomic E-state index is -0.473. The number of hydrogen-bond donors (Lipinski definition) is 0. The number of nitrogens with zero attached hydrogens (tertiary/aromatic N) is 6. The number of halogens is 1. The number of likely N-dealkylation sites (tertiary alicyclic amines) is 1. The maximum absolute atomic E-state index is 13.8. The van der Waals surface area contributed by atoms with Crippen LogP contribution in [0.5, 0.6) is 5.75 Å². The zero-order valence-corrected chi connectivity index (χ0v) is 18.6. The molecule has 1 saturated heterocycles. The van der Waals surface area contributed by atoms with E-state index in [1.807, 2.05) is 36.8 Å². The number of aryl methyl sites for hydroxylation is 2. The van der Waals surface area contributed by atoms with Crippen LogP contribution in [0.1, 0.15) is 35.1 Å². The van der Waals surface area contributed by atoms with Crippen molar-refractivity contribution in [3.63, 3.8) is 0 Å². The van der Waals surface area contributed by atoms with Gasteiger partial charge >= 0.3 is 0 Å². The number of hydrogen-bond acceptors (Lipinski definition) is 5. The van der Waals surface area contributed by atoms with Crippen molar-refractivity contribution < 1.29 is 13.9 Å². The Hall–Kier alpha value is -3.75. The molecule has 0 aliphatic carbocycles. The van der Waals surface area contributed by atoms with Crippen LogP contribution in [0.2, 0.25) is 0 Å². The Kier molecular flexibility index (Phi) is 5.53. The first-order valence-electron chi connectivity index (χ1n) is 11.0. The largest absolute Gasteiger partial charge is 0.481 e. The van der Waals surface area contributed by atoms with Crippen molar-refractivity contribution in [1.82, 2.24) is 29.0 Å². The molecular formula is C24H25FN6O2. The number of amides is 1. The minimum absolute atomic E-state index is 0.0881. The highest BCUT2D eigenvalue weighted by atomic mass is 19.1. The summed E-state index contributed by atoms with van der Waals surface area (Å²) in [6.07, 6.45) is 6.36. The van der Waals surface area contributed by atoms with Gasteiger partial charge in [0.1, 0.15) is 5.82 Å². The number of rotatable bonds is 6. The number of aromatic nitrogens is 5. The third kappa shape index (κ3) is 4.06. The molecule has 4 aromatic rings. The maximum Gasteiger partial charge on any atom is 0.260 e. The predicted octanol–water partition coefficient (Wildman–Crippen LogP) is 3.12. The molecule has 9 heteroatoms. The number of carbonyl (C=O) groups excluding carboxylic acids is 1. The Balaban J connectivity index is 1.32. The van der Waals surface area contributed by atoms with Crippen LogP contribution in [-0.4, -0.2) is 54.7 Å². The third-order valence-corrected chi connectivity index (χ3v) is 6.24. The molecule has 0 saturated carbocycles. The van der Waals surface area contributed by atoms with Crippen molar-refractivity contribution in [2.24, 2.45) is 0 Å². The van der Waals surface area contributed by atoms with Crippen LogP contribution in [0.3, 0.4) is 0 Å². The van der Waals surface area contributed by atoms with Gasteiger partial charge in [-0.05, 0) is 38.5 Å².